The zero-order valence-corrected chi connectivity index (χ0v) is 13.6. The van der Waals surface area contributed by atoms with Gasteiger partial charge in [-0.15, -0.1) is 0 Å². The van der Waals surface area contributed by atoms with E-state index in [1.807, 2.05) is 0 Å². The number of nitrogens with zero attached hydrogens (tertiary/aromatic N) is 1. The molecule has 0 spiro atoms. The zero-order valence-electron chi connectivity index (χ0n) is 13.6. The van der Waals surface area contributed by atoms with Crippen molar-refractivity contribution in [1.82, 2.24) is 0 Å². The van der Waals surface area contributed by atoms with Crippen LogP contribution in [-0.4, -0.2) is 23.4 Å². The number of carbonyl (C=O) groups is 2. The van der Waals surface area contributed by atoms with E-state index < -0.39 is 34.9 Å². The normalized spacial score (nSPS) is 24.1. The molecule has 3 unspecified atom stereocenters. The van der Waals surface area contributed by atoms with Crippen LogP contribution < -0.4 is 5.32 Å². The number of ether oxygens (including phenoxy) is 1. The number of esters is 1. The third-order valence-electron chi connectivity index (χ3n) is 5.10. The van der Waals surface area contributed by atoms with E-state index in [4.69, 9.17) is 4.74 Å². The Morgan fingerprint density at radius 2 is 2.12 bits per heavy atom. The monoisotopic (exact) mass is 350 g/mol. The van der Waals surface area contributed by atoms with E-state index in [-0.39, 0.29) is 5.69 Å². The number of fused-ring (bicyclic) bond motifs is 2. The van der Waals surface area contributed by atoms with Crippen LogP contribution in [0.15, 0.2) is 18.2 Å². The summed E-state index contributed by atoms with van der Waals surface area (Å²) in [7, 11) is 0. The number of hydrogen-bond donors (Lipinski definition) is 1. The largest absolute Gasteiger partial charge is 0.456 e. The number of rotatable bonds is 6. The molecule has 1 N–H and O–H groups in total. The van der Waals surface area contributed by atoms with Crippen LogP contribution in [-0.2, 0) is 14.3 Å². The Morgan fingerprint density at radius 1 is 1.32 bits per heavy atom. The number of anilines is 1. The fourth-order valence-electron chi connectivity index (χ4n) is 3.97. The molecule has 2 bridgehead atoms. The minimum atomic E-state index is -0.986. The number of benzene rings is 1. The summed E-state index contributed by atoms with van der Waals surface area (Å²) in [5.41, 5.74) is -0.659. The molecule has 0 heterocycles. The molecule has 25 heavy (non-hydrogen) atoms. The molecule has 3 rings (SSSR count). The standard InChI is InChI=1S/C17H19FN2O5/c18-14-4-3-13(8-15(14)20(23)24)19-16(21)9-25-17(22)7-12-6-10-1-2-11(12)5-10/h3-4,8,10-12H,1-2,5-7,9H2,(H,19,21). The lowest BCUT2D eigenvalue weighted by Crippen LogP contribution is -2.23. The molecular weight excluding hydrogens is 331 g/mol. The zero-order chi connectivity index (χ0) is 18.0. The van der Waals surface area contributed by atoms with Gasteiger partial charge in [-0.1, -0.05) is 6.42 Å². The minimum Gasteiger partial charge on any atom is -0.456 e. The van der Waals surface area contributed by atoms with Gasteiger partial charge in [0.2, 0.25) is 5.82 Å². The average molecular weight is 350 g/mol. The molecule has 2 saturated carbocycles. The maximum atomic E-state index is 13.2. The number of carbonyl (C=O) groups excluding carboxylic acids is 2. The molecule has 0 radical (unpaired) electrons. The highest BCUT2D eigenvalue weighted by Gasteiger charge is 2.40. The summed E-state index contributed by atoms with van der Waals surface area (Å²) in [4.78, 5) is 33.5. The summed E-state index contributed by atoms with van der Waals surface area (Å²) in [5.74, 6) is -0.319. The first-order chi connectivity index (χ1) is 11.9. The third kappa shape index (κ3) is 4.12. The van der Waals surface area contributed by atoms with Crippen LogP contribution in [0.3, 0.4) is 0 Å². The minimum absolute atomic E-state index is 0.0715. The van der Waals surface area contributed by atoms with Crippen LogP contribution in [0.5, 0.6) is 0 Å². The molecule has 0 aromatic heterocycles. The van der Waals surface area contributed by atoms with Gasteiger partial charge in [-0.3, -0.25) is 19.7 Å². The Balaban J connectivity index is 1.45. The number of halogens is 1. The smallest absolute Gasteiger partial charge is 0.306 e. The van der Waals surface area contributed by atoms with Crippen molar-refractivity contribution in [3.63, 3.8) is 0 Å². The van der Waals surface area contributed by atoms with Gasteiger partial charge in [0.25, 0.3) is 5.91 Å². The lowest BCUT2D eigenvalue weighted by molar-refractivity contribution is -0.387. The van der Waals surface area contributed by atoms with Crippen molar-refractivity contribution in [3.05, 3.63) is 34.1 Å². The molecule has 7 nitrogen and oxygen atoms in total. The van der Waals surface area contributed by atoms with Crippen LogP contribution in [0.25, 0.3) is 0 Å². The summed E-state index contributed by atoms with van der Waals surface area (Å²) in [6.07, 6.45) is 5.01. The first-order valence-electron chi connectivity index (χ1n) is 8.31. The predicted molar refractivity (Wildman–Crippen MR) is 86.2 cm³/mol. The van der Waals surface area contributed by atoms with E-state index in [0.717, 1.165) is 24.5 Å². The highest BCUT2D eigenvalue weighted by molar-refractivity contribution is 5.93. The van der Waals surface area contributed by atoms with Crippen LogP contribution in [0.2, 0.25) is 0 Å². The van der Waals surface area contributed by atoms with E-state index in [0.29, 0.717) is 18.3 Å². The number of amides is 1. The lowest BCUT2D eigenvalue weighted by atomic mass is 9.86. The SMILES string of the molecule is O=C(COC(=O)CC1CC2CCC1C2)Nc1ccc(F)c([N+](=O)[O-])c1. The second-order valence-corrected chi connectivity index (χ2v) is 6.77. The van der Waals surface area contributed by atoms with Crippen molar-refractivity contribution < 1.29 is 23.6 Å². The van der Waals surface area contributed by atoms with Crippen molar-refractivity contribution in [2.75, 3.05) is 11.9 Å². The quantitative estimate of drug-likeness (QED) is 0.483. The second-order valence-electron chi connectivity index (χ2n) is 6.77. The highest BCUT2D eigenvalue weighted by atomic mass is 19.1. The van der Waals surface area contributed by atoms with E-state index in [1.54, 1.807) is 0 Å². The molecular formula is C17H19FN2O5. The third-order valence-corrected chi connectivity index (χ3v) is 5.10. The van der Waals surface area contributed by atoms with Gasteiger partial charge in [0, 0.05) is 18.2 Å². The number of nitrogens with one attached hydrogen (secondary N) is 1. The van der Waals surface area contributed by atoms with Crippen molar-refractivity contribution in [1.29, 1.82) is 0 Å². The average Bonchev–Trinajstić information content (AvgIpc) is 3.17. The lowest BCUT2D eigenvalue weighted by Gasteiger charge is -2.20. The second kappa shape index (κ2) is 7.16. The Bertz CT molecular complexity index is 708. The topological polar surface area (TPSA) is 98.5 Å². The van der Waals surface area contributed by atoms with Gasteiger partial charge in [-0.25, -0.2) is 0 Å². The van der Waals surface area contributed by atoms with E-state index in [1.165, 1.54) is 25.3 Å². The van der Waals surface area contributed by atoms with Crippen molar-refractivity contribution in [3.8, 4) is 0 Å². The first-order valence-corrected chi connectivity index (χ1v) is 8.31. The molecule has 2 fully saturated rings. The van der Waals surface area contributed by atoms with Gasteiger partial charge >= 0.3 is 11.7 Å². The van der Waals surface area contributed by atoms with Crippen molar-refractivity contribution in [2.24, 2.45) is 17.8 Å². The Labute approximate surface area is 143 Å². The first kappa shape index (κ1) is 17.3. The van der Waals surface area contributed by atoms with Crippen LogP contribution in [0, 0.1) is 33.7 Å². The van der Waals surface area contributed by atoms with E-state index >= 15 is 0 Å². The molecule has 134 valence electrons. The summed E-state index contributed by atoms with van der Waals surface area (Å²) < 4.78 is 18.2. The molecule has 0 aliphatic heterocycles. The molecule has 8 heteroatoms. The molecule has 1 aromatic rings. The molecule has 3 atom stereocenters. The van der Waals surface area contributed by atoms with Crippen LogP contribution in [0.4, 0.5) is 15.8 Å². The maximum absolute atomic E-state index is 13.2. The maximum Gasteiger partial charge on any atom is 0.306 e. The highest BCUT2D eigenvalue weighted by Crippen LogP contribution is 2.49. The molecule has 2 aliphatic rings. The van der Waals surface area contributed by atoms with E-state index in [9.17, 15) is 24.1 Å². The fraction of sp³-hybridized carbons (Fsp3) is 0.529. The number of nitro benzene ring substituents is 1. The predicted octanol–water partition coefficient (Wildman–Crippen LogP) is 3.04. The summed E-state index contributed by atoms with van der Waals surface area (Å²) in [6.45, 7) is -0.467. The fourth-order valence-corrected chi connectivity index (χ4v) is 3.97. The van der Waals surface area contributed by atoms with Crippen molar-refractivity contribution in [2.45, 2.75) is 32.1 Å². The molecule has 1 aromatic carbocycles. The van der Waals surface area contributed by atoms with E-state index in [2.05, 4.69) is 5.32 Å². The van der Waals surface area contributed by atoms with Crippen LogP contribution >= 0.6 is 0 Å². The van der Waals surface area contributed by atoms with Gasteiger partial charge in [0.15, 0.2) is 6.61 Å². The molecule has 2 aliphatic carbocycles. The summed E-state index contributed by atoms with van der Waals surface area (Å²) >= 11 is 0. The van der Waals surface area contributed by atoms with Gasteiger partial charge in [0.1, 0.15) is 0 Å². The summed E-state index contributed by atoms with van der Waals surface area (Å²) in [6, 6.07) is 3.02. The van der Waals surface area contributed by atoms with Gasteiger partial charge in [-0.05, 0) is 49.1 Å². The Kier molecular flexibility index (Phi) is 4.96. The number of hydrogen-bond acceptors (Lipinski definition) is 5. The Hall–Kier alpha value is -2.51. The van der Waals surface area contributed by atoms with Gasteiger partial charge < -0.3 is 10.1 Å². The van der Waals surface area contributed by atoms with Crippen molar-refractivity contribution >= 4 is 23.3 Å². The van der Waals surface area contributed by atoms with Gasteiger partial charge in [-0.2, -0.15) is 4.39 Å². The number of nitro groups is 1. The van der Waals surface area contributed by atoms with Crippen LogP contribution in [0.1, 0.15) is 32.1 Å². The van der Waals surface area contributed by atoms with Gasteiger partial charge in [0.05, 0.1) is 4.92 Å². The summed E-state index contributed by atoms with van der Waals surface area (Å²) in [5, 5.41) is 13.0. The molecule has 0 saturated heterocycles. The molecule has 1 amide bonds. The Morgan fingerprint density at radius 3 is 2.76 bits per heavy atom.